The van der Waals surface area contributed by atoms with Crippen LogP contribution in [0.5, 0.6) is 0 Å². The smallest absolute Gasteiger partial charge is 0.258 e. The molecule has 1 N–H and O–H groups in total. The summed E-state index contributed by atoms with van der Waals surface area (Å²) < 4.78 is 27.5. The van der Waals surface area contributed by atoms with E-state index in [9.17, 15) is 18.0 Å². The van der Waals surface area contributed by atoms with Crippen LogP contribution in [0.1, 0.15) is 60.2 Å². The molecule has 0 aliphatic carbocycles. The molecule has 8 heteroatoms. The molecule has 7 nitrogen and oxygen atoms in total. The molecule has 2 amide bonds. The van der Waals surface area contributed by atoms with Crippen molar-refractivity contribution in [3.8, 4) is 0 Å². The molecule has 36 heavy (non-hydrogen) atoms. The van der Waals surface area contributed by atoms with Gasteiger partial charge < -0.3 is 10.2 Å². The molecule has 0 atom stereocenters. The highest BCUT2D eigenvalue weighted by Gasteiger charge is 2.31. The SMILES string of the molecule is CCCCN1C(=O)c2ccc(NC(=O)c3ccc(S(=O)(=O)N4CCC(C)CC4)cc3)c3cccc1c23. The molecule has 2 aliphatic rings. The Bertz CT molecular complexity index is 1430. The van der Waals surface area contributed by atoms with Gasteiger partial charge in [0, 0.05) is 47.2 Å². The number of rotatable bonds is 7. The van der Waals surface area contributed by atoms with E-state index < -0.39 is 10.0 Å². The lowest BCUT2D eigenvalue weighted by Gasteiger charge is -2.29. The fourth-order valence-electron chi connectivity index (χ4n) is 5.04. The minimum absolute atomic E-state index is 0.00696. The molecule has 2 heterocycles. The van der Waals surface area contributed by atoms with Crippen LogP contribution < -0.4 is 10.2 Å². The first-order valence-electron chi connectivity index (χ1n) is 12.6. The quantitative estimate of drug-likeness (QED) is 0.474. The van der Waals surface area contributed by atoms with Gasteiger partial charge in [0.05, 0.1) is 10.6 Å². The first-order valence-corrected chi connectivity index (χ1v) is 14.0. The summed E-state index contributed by atoms with van der Waals surface area (Å²) in [7, 11) is -3.57. The minimum atomic E-state index is -3.57. The van der Waals surface area contributed by atoms with E-state index in [-0.39, 0.29) is 16.7 Å². The molecular weight excluding hydrogens is 474 g/mol. The summed E-state index contributed by atoms with van der Waals surface area (Å²) in [6.07, 6.45) is 3.63. The van der Waals surface area contributed by atoms with E-state index in [4.69, 9.17) is 0 Å². The van der Waals surface area contributed by atoms with Gasteiger partial charge in [-0.3, -0.25) is 9.59 Å². The molecule has 0 radical (unpaired) electrons. The molecule has 0 unspecified atom stereocenters. The highest BCUT2D eigenvalue weighted by molar-refractivity contribution is 7.89. The van der Waals surface area contributed by atoms with E-state index in [2.05, 4.69) is 19.2 Å². The number of piperidine rings is 1. The Hall–Kier alpha value is -3.23. The van der Waals surface area contributed by atoms with Gasteiger partial charge in [0.1, 0.15) is 0 Å². The maximum absolute atomic E-state index is 13.1. The highest BCUT2D eigenvalue weighted by atomic mass is 32.2. The van der Waals surface area contributed by atoms with Crippen molar-refractivity contribution in [2.75, 3.05) is 29.9 Å². The molecule has 0 bridgehead atoms. The van der Waals surface area contributed by atoms with Crippen LogP contribution in [0.4, 0.5) is 11.4 Å². The number of unbranched alkanes of at least 4 members (excludes halogenated alkanes) is 1. The van der Waals surface area contributed by atoms with Crippen LogP contribution in [0.25, 0.3) is 10.8 Å². The van der Waals surface area contributed by atoms with Crippen LogP contribution in [0.3, 0.4) is 0 Å². The van der Waals surface area contributed by atoms with Crippen molar-refractivity contribution in [1.29, 1.82) is 0 Å². The molecule has 0 saturated carbocycles. The van der Waals surface area contributed by atoms with Crippen LogP contribution in [0, 0.1) is 5.92 Å². The third-order valence-electron chi connectivity index (χ3n) is 7.27. The monoisotopic (exact) mass is 505 g/mol. The summed E-state index contributed by atoms with van der Waals surface area (Å²) in [6.45, 7) is 5.94. The Morgan fingerprint density at radius 2 is 1.75 bits per heavy atom. The molecule has 188 valence electrons. The highest BCUT2D eigenvalue weighted by Crippen LogP contribution is 2.40. The molecule has 3 aromatic rings. The first-order chi connectivity index (χ1) is 17.3. The molecule has 1 fully saturated rings. The van der Waals surface area contributed by atoms with E-state index >= 15 is 0 Å². The molecule has 2 aliphatic heterocycles. The van der Waals surface area contributed by atoms with Gasteiger partial charge in [-0.2, -0.15) is 4.31 Å². The summed E-state index contributed by atoms with van der Waals surface area (Å²) in [5.74, 6) is 0.192. The number of hydrogen-bond donors (Lipinski definition) is 1. The lowest BCUT2D eigenvalue weighted by Crippen LogP contribution is -2.37. The van der Waals surface area contributed by atoms with E-state index in [0.29, 0.717) is 42.4 Å². The minimum Gasteiger partial charge on any atom is -0.321 e. The van der Waals surface area contributed by atoms with E-state index in [1.54, 1.807) is 24.3 Å². The summed E-state index contributed by atoms with van der Waals surface area (Å²) >= 11 is 0. The first kappa shape index (κ1) is 24.5. The van der Waals surface area contributed by atoms with Crippen molar-refractivity contribution in [3.63, 3.8) is 0 Å². The largest absolute Gasteiger partial charge is 0.321 e. The van der Waals surface area contributed by atoms with Crippen LogP contribution in [0.2, 0.25) is 0 Å². The van der Waals surface area contributed by atoms with Crippen molar-refractivity contribution in [3.05, 3.63) is 65.7 Å². The summed E-state index contributed by atoms with van der Waals surface area (Å²) in [5.41, 5.74) is 2.50. The third kappa shape index (κ3) is 4.29. The standard InChI is InChI=1S/C28H31N3O4S/c1-3-4-16-31-25-7-5-6-22-24(13-12-23(26(22)25)28(31)33)29-27(32)20-8-10-21(11-9-20)36(34,35)30-17-14-19(2)15-18-30/h5-13,19H,3-4,14-18H2,1-2H3,(H,29,32). The zero-order chi connectivity index (χ0) is 25.4. The van der Waals surface area contributed by atoms with Gasteiger partial charge >= 0.3 is 0 Å². The fourth-order valence-corrected chi connectivity index (χ4v) is 6.51. The predicted molar refractivity (Wildman–Crippen MR) is 142 cm³/mol. The molecular formula is C28H31N3O4S. The van der Waals surface area contributed by atoms with Gasteiger partial charge in [0.15, 0.2) is 0 Å². The lowest BCUT2D eigenvalue weighted by atomic mass is 10.0. The van der Waals surface area contributed by atoms with Gasteiger partial charge in [-0.05, 0) is 67.6 Å². The Morgan fingerprint density at radius 3 is 2.44 bits per heavy atom. The maximum atomic E-state index is 13.1. The zero-order valence-electron chi connectivity index (χ0n) is 20.7. The van der Waals surface area contributed by atoms with Crippen molar-refractivity contribution in [1.82, 2.24) is 4.31 Å². The van der Waals surface area contributed by atoms with Crippen LogP contribution >= 0.6 is 0 Å². The Morgan fingerprint density at radius 1 is 1.03 bits per heavy atom. The van der Waals surface area contributed by atoms with E-state index in [1.165, 1.54) is 16.4 Å². The lowest BCUT2D eigenvalue weighted by molar-refractivity contribution is 0.0991. The number of nitrogens with one attached hydrogen (secondary N) is 1. The van der Waals surface area contributed by atoms with Crippen molar-refractivity contribution >= 4 is 44.0 Å². The third-order valence-corrected chi connectivity index (χ3v) is 9.18. The summed E-state index contributed by atoms with van der Waals surface area (Å²) in [4.78, 5) is 28.0. The Kier molecular flexibility index (Phi) is 6.57. The normalized spacial score (nSPS) is 16.6. The van der Waals surface area contributed by atoms with Gasteiger partial charge in [-0.25, -0.2) is 8.42 Å². The Balaban J connectivity index is 1.37. The number of benzene rings is 3. The predicted octanol–water partition coefficient (Wildman–Crippen LogP) is 5.27. The van der Waals surface area contributed by atoms with Gasteiger partial charge in [-0.15, -0.1) is 0 Å². The second-order valence-electron chi connectivity index (χ2n) is 9.74. The average molecular weight is 506 g/mol. The van der Waals surface area contributed by atoms with Crippen molar-refractivity contribution < 1.29 is 18.0 Å². The maximum Gasteiger partial charge on any atom is 0.258 e. The molecule has 0 aromatic heterocycles. The second kappa shape index (κ2) is 9.67. The number of hydrogen-bond acceptors (Lipinski definition) is 4. The van der Waals surface area contributed by atoms with Crippen molar-refractivity contribution in [2.24, 2.45) is 5.92 Å². The van der Waals surface area contributed by atoms with Crippen LogP contribution in [-0.4, -0.2) is 44.2 Å². The molecule has 3 aromatic carbocycles. The molecule has 5 rings (SSSR count). The number of nitrogens with zero attached hydrogens (tertiary/aromatic N) is 2. The summed E-state index contributed by atoms with van der Waals surface area (Å²) in [6, 6.07) is 15.4. The van der Waals surface area contributed by atoms with Crippen molar-refractivity contribution in [2.45, 2.75) is 44.4 Å². The van der Waals surface area contributed by atoms with Gasteiger partial charge in [0.25, 0.3) is 11.8 Å². The number of sulfonamides is 1. The molecule has 1 saturated heterocycles. The van der Waals surface area contributed by atoms with Gasteiger partial charge in [-0.1, -0.05) is 32.4 Å². The van der Waals surface area contributed by atoms with Crippen LogP contribution in [-0.2, 0) is 10.0 Å². The fraction of sp³-hybridized carbons (Fsp3) is 0.357. The van der Waals surface area contributed by atoms with Crippen LogP contribution in [0.15, 0.2) is 59.5 Å². The van der Waals surface area contributed by atoms with Gasteiger partial charge in [0.2, 0.25) is 10.0 Å². The molecule has 0 spiro atoms. The average Bonchev–Trinajstić information content (AvgIpc) is 3.16. The number of carbonyl (C=O) groups excluding carboxylic acids is 2. The number of amides is 2. The zero-order valence-corrected chi connectivity index (χ0v) is 21.5. The second-order valence-corrected chi connectivity index (χ2v) is 11.7. The topological polar surface area (TPSA) is 86.8 Å². The Labute approximate surface area is 212 Å². The number of carbonyl (C=O) groups is 2. The summed E-state index contributed by atoms with van der Waals surface area (Å²) in [5, 5.41) is 4.62. The van der Waals surface area contributed by atoms with E-state index in [0.717, 1.165) is 42.1 Å². The van der Waals surface area contributed by atoms with E-state index in [1.807, 2.05) is 23.1 Å². The number of anilines is 2.